The second-order valence-corrected chi connectivity index (χ2v) is 10.4. The standard InChI is InChI=1S/C24H29N3O2S/c1-29-18-9-7-16(8-10-18)14-26-15-17-13-20(27-12-4-11-24(17,27)23(26)28)22-25-19-5-2-3-6-21(19)30-22/h7-10,17,20H,2-6,11-15H2,1H3/t17-,20-,24-/m0/s1. The van der Waals surface area contributed by atoms with Gasteiger partial charge in [0, 0.05) is 23.9 Å². The van der Waals surface area contributed by atoms with Crippen molar-refractivity contribution in [2.45, 2.75) is 63.1 Å². The fourth-order valence-corrected chi connectivity index (χ4v) is 7.69. The van der Waals surface area contributed by atoms with E-state index in [-0.39, 0.29) is 5.54 Å². The Balaban J connectivity index is 1.25. The molecule has 1 spiro atoms. The topological polar surface area (TPSA) is 45.7 Å². The zero-order valence-electron chi connectivity index (χ0n) is 17.6. The fraction of sp³-hybridized carbons (Fsp3) is 0.583. The highest BCUT2D eigenvalue weighted by Crippen LogP contribution is 2.56. The lowest BCUT2D eigenvalue weighted by Gasteiger charge is -2.32. The maximum absolute atomic E-state index is 13.7. The van der Waals surface area contributed by atoms with Crippen LogP contribution in [0.5, 0.6) is 5.75 Å². The van der Waals surface area contributed by atoms with E-state index in [0.29, 0.717) is 24.4 Å². The smallest absolute Gasteiger partial charge is 0.243 e. The molecule has 3 atom stereocenters. The number of benzene rings is 1. The molecule has 158 valence electrons. The van der Waals surface area contributed by atoms with Gasteiger partial charge < -0.3 is 9.64 Å². The van der Waals surface area contributed by atoms with Crippen LogP contribution in [0.4, 0.5) is 0 Å². The predicted molar refractivity (Wildman–Crippen MR) is 117 cm³/mol. The molecule has 4 aliphatic rings. The van der Waals surface area contributed by atoms with Gasteiger partial charge in [-0.25, -0.2) is 4.98 Å². The van der Waals surface area contributed by atoms with E-state index in [0.717, 1.165) is 44.5 Å². The van der Waals surface area contributed by atoms with E-state index in [1.165, 1.54) is 40.4 Å². The number of fused-ring (bicyclic) bond motifs is 1. The van der Waals surface area contributed by atoms with Crippen LogP contribution in [0.3, 0.4) is 0 Å². The SMILES string of the molecule is COc1ccc(CN2C[C@@H]3C[C@@H](c4nc5c(s4)CCCC5)N4CCC[C@@]34C2=O)cc1. The molecule has 2 aromatic rings. The number of thiazole rings is 1. The molecular formula is C24H29N3O2S. The second kappa shape index (κ2) is 7.06. The lowest BCUT2D eigenvalue weighted by Crippen LogP contribution is -2.49. The van der Waals surface area contributed by atoms with Crippen molar-refractivity contribution in [3.63, 3.8) is 0 Å². The average molecular weight is 424 g/mol. The van der Waals surface area contributed by atoms with Crippen LogP contribution in [-0.4, -0.2) is 46.4 Å². The van der Waals surface area contributed by atoms with Gasteiger partial charge in [0.05, 0.1) is 18.8 Å². The largest absolute Gasteiger partial charge is 0.497 e. The first kappa shape index (κ1) is 18.8. The third kappa shape index (κ3) is 2.69. The molecule has 6 rings (SSSR count). The Morgan fingerprint density at radius 1 is 1.20 bits per heavy atom. The average Bonchev–Trinajstić information content (AvgIpc) is 3.50. The molecule has 1 aliphatic carbocycles. The van der Waals surface area contributed by atoms with Gasteiger partial charge in [-0.3, -0.25) is 9.69 Å². The molecule has 0 radical (unpaired) electrons. The summed E-state index contributed by atoms with van der Waals surface area (Å²) < 4.78 is 5.27. The van der Waals surface area contributed by atoms with E-state index < -0.39 is 0 Å². The molecule has 0 bridgehead atoms. The number of carbonyl (C=O) groups is 1. The molecule has 1 aromatic heterocycles. The lowest BCUT2D eigenvalue weighted by atomic mass is 9.86. The summed E-state index contributed by atoms with van der Waals surface area (Å²) in [5, 5.41) is 1.28. The van der Waals surface area contributed by atoms with Gasteiger partial charge in [0.1, 0.15) is 16.3 Å². The van der Waals surface area contributed by atoms with Crippen LogP contribution in [0.25, 0.3) is 0 Å². The van der Waals surface area contributed by atoms with Crippen LogP contribution in [0, 0.1) is 5.92 Å². The van der Waals surface area contributed by atoms with Crippen molar-refractivity contribution in [2.24, 2.45) is 5.92 Å². The highest BCUT2D eigenvalue weighted by Gasteiger charge is 2.65. The first-order valence-electron chi connectivity index (χ1n) is 11.4. The van der Waals surface area contributed by atoms with Gasteiger partial charge in [0.25, 0.3) is 0 Å². The van der Waals surface area contributed by atoms with Crippen LogP contribution in [-0.2, 0) is 24.2 Å². The van der Waals surface area contributed by atoms with Crippen molar-refractivity contribution in [3.8, 4) is 5.75 Å². The molecule has 0 N–H and O–H groups in total. The van der Waals surface area contributed by atoms with Crippen molar-refractivity contribution in [3.05, 3.63) is 45.4 Å². The number of amides is 1. The molecule has 30 heavy (non-hydrogen) atoms. The first-order chi connectivity index (χ1) is 14.7. The highest BCUT2D eigenvalue weighted by molar-refractivity contribution is 7.11. The van der Waals surface area contributed by atoms with E-state index in [2.05, 4.69) is 21.9 Å². The van der Waals surface area contributed by atoms with E-state index in [4.69, 9.17) is 9.72 Å². The van der Waals surface area contributed by atoms with Crippen LogP contribution in [0.15, 0.2) is 24.3 Å². The number of ether oxygens (including phenoxy) is 1. The molecule has 1 aromatic carbocycles. The summed E-state index contributed by atoms with van der Waals surface area (Å²) >= 11 is 1.94. The van der Waals surface area contributed by atoms with Crippen molar-refractivity contribution in [2.75, 3.05) is 20.2 Å². The highest BCUT2D eigenvalue weighted by atomic mass is 32.1. The number of rotatable bonds is 4. The summed E-state index contributed by atoms with van der Waals surface area (Å²) in [6, 6.07) is 8.47. The number of likely N-dealkylation sites (tertiary alicyclic amines) is 1. The zero-order chi connectivity index (χ0) is 20.3. The minimum atomic E-state index is -0.274. The lowest BCUT2D eigenvalue weighted by molar-refractivity contribution is -0.137. The Morgan fingerprint density at radius 3 is 2.83 bits per heavy atom. The molecule has 3 aliphatic heterocycles. The minimum absolute atomic E-state index is 0.274. The van der Waals surface area contributed by atoms with Crippen LogP contribution < -0.4 is 4.74 Å². The molecule has 5 nitrogen and oxygen atoms in total. The van der Waals surface area contributed by atoms with Crippen LogP contribution in [0.1, 0.15) is 59.3 Å². The monoisotopic (exact) mass is 423 g/mol. The van der Waals surface area contributed by atoms with Gasteiger partial charge in [-0.15, -0.1) is 11.3 Å². The van der Waals surface area contributed by atoms with Crippen molar-refractivity contribution in [1.29, 1.82) is 0 Å². The minimum Gasteiger partial charge on any atom is -0.497 e. The van der Waals surface area contributed by atoms with E-state index in [1.54, 1.807) is 7.11 Å². The zero-order valence-corrected chi connectivity index (χ0v) is 18.4. The third-order valence-electron chi connectivity index (χ3n) is 7.81. The number of aryl methyl sites for hydroxylation is 2. The Labute approximate surface area is 182 Å². The number of carbonyl (C=O) groups excluding carboxylic acids is 1. The third-order valence-corrected chi connectivity index (χ3v) is 9.07. The van der Waals surface area contributed by atoms with Crippen molar-refractivity contribution in [1.82, 2.24) is 14.8 Å². The van der Waals surface area contributed by atoms with Crippen molar-refractivity contribution >= 4 is 17.2 Å². The number of methoxy groups -OCH3 is 1. The summed E-state index contributed by atoms with van der Waals surface area (Å²) in [6.07, 6.45) is 8.13. The van der Waals surface area contributed by atoms with E-state index >= 15 is 0 Å². The second-order valence-electron chi connectivity index (χ2n) is 9.33. The van der Waals surface area contributed by atoms with Gasteiger partial charge in [0.2, 0.25) is 5.91 Å². The Hall–Kier alpha value is -1.92. The quantitative estimate of drug-likeness (QED) is 0.747. The molecule has 3 fully saturated rings. The summed E-state index contributed by atoms with van der Waals surface area (Å²) in [7, 11) is 1.68. The Kier molecular flexibility index (Phi) is 4.43. The maximum Gasteiger partial charge on any atom is 0.243 e. The Bertz CT molecular complexity index is 948. The molecule has 0 saturated carbocycles. The van der Waals surface area contributed by atoms with E-state index in [1.807, 2.05) is 23.5 Å². The van der Waals surface area contributed by atoms with Gasteiger partial charge in [-0.2, -0.15) is 0 Å². The van der Waals surface area contributed by atoms with E-state index in [9.17, 15) is 4.79 Å². The number of hydrogen-bond acceptors (Lipinski definition) is 5. The van der Waals surface area contributed by atoms with Crippen LogP contribution >= 0.6 is 11.3 Å². The van der Waals surface area contributed by atoms with Crippen LogP contribution in [0.2, 0.25) is 0 Å². The molecule has 4 heterocycles. The molecule has 3 saturated heterocycles. The van der Waals surface area contributed by atoms with Gasteiger partial charge in [-0.05, 0) is 69.2 Å². The molecular weight excluding hydrogens is 394 g/mol. The summed E-state index contributed by atoms with van der Waals surface area (Å²) in [6.45, 7) is 2.61. The maximum atomic E-state index is 13.7. The number of aromatic nitrogens is 1. The molecule has 6 heteroatoms. The molecule has 0 unspecified atom stereocenters. The number of nitrogens with zero attached hydrogens (tertiary/aromatic N) is 3. The number of hydrogen-bond donors (Lipinski definition) is 0. The summed E-state index contributed by atoms with van der Waals surface area (Å²) in [5.74, 6) is 1.64. The molecule has 1 amide bonds. The fourth-order valence-electron chi connectivity index (χ4n) is 6.42. The van der Waals surface area contributed by atoms with Gasteiger partial charge in [0.15, 0.2) is 0 Å². The first-order valence-corrected chi connectivity index (χ1v) is 12.2. The Morgan fingerprint density at radius 2 is 2.03 bits per heavy atom. The normalized spacial score (nSPS) is 30.4. The summed E-state index contributed by atoms with van der Waals surface area (Å²) in [4.78, 5) is 25.0. The summed E-state index contributed by atoms with van der Waals surface area (Å²) in [5.41, 5.74) is 2.25. The van der Waals surface area contributed by atoms with Crippen molar-refractivity contribution < 1.29 is 9.53 Å². The van der Waals surface area contributed by atoms with Gasteiger partial charge >= 0.3 is 0 Å². The van der Waals surface area contributed by atoms with Gasteiger partial charge in [-0.1, -0.05) is 12.1 Å². The predicted octanol–water partition coefficient (Wildman–Crippen LogP) is 3.97.